The van der Waals surface area contributed by atoms with Crippen molar-refractivity contribution >= 4 is 11.9 Å². The van der Waals surface area contributed by atoms with E-state index in [2.05, 4.69) is 15.4 Å². The SMILES string of the molecule is O=C(O)c1cnn(-c2cc(O)c(C(=O)NC(c3ccccc3)c3ccccc3)cn2)c1. The van der Waals surface area contributed by atoms with Crippen molar-refractivity contribution in [1.29, 1.82) is 0 Å². The summed E-state index contributed by atoms with van der Waals surface area (Å²) < 4.78 is 1.21. The van der Waals surface area contributed by atoms with Crippen LogP contribution in [0.2, 0.25) is 0 Å². The number of hydrogen-bond donors (Lipinski definition) is 3. The van der Waals surface area contributed by atoms with E-state index in [-0.39, 0.29) is 22.7 Å². The molecule has 1 amide bonds. The van der Waals surface area contributed by atoms with Crippen LogP contribution in [0.15, 0.2) is 85.3 Å². The molecule has 3 N–H and O–H groups in total. The fraction of sp³-hybridized carbons (Fsp3) is 0.0435. The Balaban J connectivity index is 1.61. The molecule has 0 aliphatic heterocycles. The number of amides is 1. The number of benzene rings is 2. The van der Waals surface area contributed by atoms with Gasteiger partial charge in [-0.3, -0.25) is 4.79 Å². The number of aromatic hydroxyl groups is 1. The molecule has 154 valence electrons. The molecule has 8 heteroatoms. The second kappa shape index (κ2) is 8.50. The average molecular weight is 414 g/mol. The second-order valence-electron chi connectivity index (χ2n) is 6.77. The molecule has 0 aliphatic rings. The van der Waals surface area contributed by atoms with E-state index in [1.54, 1.807) is 0 Å². The lowest BCUT2D eigenvalue weighted by Crippen LogP contribution is -2.29. The van der Waals surface area contributed by atoms with Crippen LogP contribution in [0.4, 0.5) is 0 Å². The molecule has 2 heterocycles. The van der Waals surface area contributed by atoms with Crippen molar-refractivity contribution in [3.05, 3.63) is 108 Å². The van der Waals surface area contributed by atoms with Crippen LogP contribution >= 0.6 is 0 Å². The van der Waals surface area contributed by atoms with Gasteiger partial charge in [-0.2, -0.15) is 5.10 Å². The van der Waals surface area contributed by atoms with Gasteiger partial charge in [-0.1, -0.05) is 60.7 Å². The van der Waals surface area contributed by atoms with Gasteiger partial charge in [-0.25, -0.2) is 14.5 Å². The molecule has 2 aromatic carbocycles. The van der Waals surface area contributed by atoms with Crippen LogP contribution < -0.4 is 5.32 Å². The Bertz CT molecular complexity index is 1180. The number of nitrogens with zero attached hydrogens (tertiary/aromatic N) is 3. The van der Waals surface area contributed by atoms with E-state index in [1.807, 2.05) is 60.7 Å². The topological polar surface area (TPSA) is 117 Å². The number of carboxylic acid groups (broad SMARTS) is 1. The second-order valence-corrected chi connectivity index (χ2v) is 6.77. The summed E-state index contributed by atoms with van der Waals surface area (Å²) in [4.78, 5) is 28.1. The zero-order valence-electron chi connectivity index (χ0n) is 16.2. The molecular formula is C23H18N4O4. The van der Waals surface area contributed by atoms with Crippen molar-refractivity contribution in [2.24, 2.45) is 0 Å². The Labute approximate surface area is 177 Å². The minimum absolute atomic E-state index is 0.00812. The van der Waals surface area contributed by atoms with Crippen LogP contribution in [-0.4, -0.2) is 36.9 Å². The number of aromatic carboxylic acids is 1. The first-order valence-corrected chi connectivity index (χ1v) is 9.41. The molecule has 0 aliphatic carbocycles. The number of carboxylic acids is 1. The molecule has 4 aromatic rings. The van der Waals surface area contributed by atoms with Gasteiger partial charge in [0.2, 0.25) is 0 Å². The van der Waals surface area contributed by atoms with Crippen LogP contribution in [0.25, 0.3) is 5.82 Å². The number of carbonyl (C=O) groups is 2. The molecule has 0 bridgehead atoms. The quantitative estimate of drug-likeness (QED) is 0.446. The normalized spacial score (nSPS) is 10.7. The van der Waals surface area contributed by atoms with Gasteiger partial charge in [0, 0.05) is 18.5 Å². The lowest BCUT2D eigenvalue weighted by molar-refractivity contribution is 0.0696. The molecule has 4 rings (SSSR count). The largest absolute Gasteiger partial charge is 0.507 e. The molecule has 31 heavy (non-hydrogen) atoms. The van der Waals surface area contributed by atoms with E-state index in [1.165, 1.54) is 29.3 Å². The maximum absolute atomic E-state index is 13.0. The van der Waals surface area contributed by atoms with Crippen LogP contribution in [0, 0.1) is 0 Å². The maximum Gasteiger partial charge on any atom is 0.338 e. The van der Waals surface area contributed by atoms with Crippen LogP contribution in [-0.2, 0) is 0 Å². The van der Waals surface area contributed by atoms with Crippen molar-refractivity contribution in [2.45, 2.75) is 6.04 Å². The molecular weight excluding hydrogens is 396 g/mol. The molecule has 0 atom stereocenters. The molecule has 0 fully saturated rings. The first-order chi connectivity index (χ1) is 15.0. The first kappa shape index (κ1) is 19.8. The maximum atomic E-state index is 13.0. The summed E-state index contributed by atoms with van der Waals surface area (Å²) in [7, 11) is 0. The zero-order valence-corrected chi connectivity index (χ0v) is 16.2. The Morgan fingerprint density at radius 1 is 0.935 bits per heavy atom. The van der Waals surface area contributed by atoms with E-state index in [4.69, 9.17) is 5.11 Å². The summed E-state index contributed by atoms with van der Waals surface area (Å²) in [5, 5.41) is 26.3. The molecule has 0 radical (unpaired) electrons. The van der Waals surface area contributed by atoms with Crippen molar-refractivity contribution in [1.82, 2.24) is 20.1 Å². The molecule has 0 saturated heterocycles. The summed E-state index contributed by atoms with van der Waals surface area (Å²) >= 11 is 0. The van der Waals surface area contributed by atoms with Crippen LogP contribution in [0.1, 0.15) is 37.9 Å². The first-order valence-electron chi connectivity index (χ1n) is 9.41. The monoisotopic (exact) mass is 414 g/mol. The van der Waals surface area contributed by atoms with E-state index in [9.17, 15) is 14.7 Å². The summed E-state index contributed by atoms with van der Waals surface area (Å²) in [6, 6.07) is 19.8. The zero-order chi connectivity index (χ0) is 21.8. The number of hydrogen-bond acceptors (Lipinski definition) is 5. The van der Waals surface area contributed by atoms with Crippen LogP contribution in [0.3, 0.4) is 0 Å². The van der Waals surface area contributed by atoms with Gasteiger partial charge in [0.15, 0.2) is 5.82 Å². The third kappa shape index (κ3) is 4.27. The Morgan fingerprint density at radius 3 is 2.06 bits per heavy atom. The lowest BCUT2D eigenvalue weighted by atomic mass is 9.98. The summed E-state index contributed by atoms with van der Waals surface area (Å²) in [5.74, 6) is -1.74. The lowest BCUT2D eigenvalue weighted by Gasteiger charge is -2.20. The van der Waals surface area contributed by atoms with E-state index in [0.717, 1.165) is 11.1 Å². The number of aromatic nitrogens is 3. The molecule has 0 spiro atoms. The third-order valence-corrected chi connectivity index (χ3v) is 4.72. The number of rotatable bonds is 6. The highest BCUT2D eigenvalue weighted by Gasteiger charge is 2.20. The van der Waals surface area contributed by atoms with Gasteiger partial charge in [-0.05, 0) is 11.1 Å². The third-order valence-electron chi connectivity index (χ3n) is 4.72. The highest BCUT2D eigenvalue weighted by atomic mass is 16.4. The Morgan fingerprint density at radius 2 is 1.55 bits per heavy atom. The predicted octanol–water partition coefficient (Wildman–Crippen LogP) is 3.19. The van der Waals surface area contributed by atoms with Gasteiger partial charge in [0.1, 0.15) is 5.75 Å². The Kier molecular flexibility index (Phi) is 5.44. The molecule has 0 unspecified atom stereocenters. The predicted molar refractivity (Wildman–Crippen MR) is 112 cm³/mol. The standard InChI is InChI=1S/C23H18N4O4/c28-19-11-20(27-14-17(12-25-27)23(30)31)24-13-18(19)22(29)26-21(15-7-3-1-4-8-15)16-9-5-2-6-10-16/h1-14,21H,(H,24,28)(H,26,29)(H,30,31). The van der Waals surface area contributed by atoms with Gasteiger partial charge in [-0.15, -0.1) is 0 Å². The molecule has 8 nitrogen and oxygen atoms in total. The number of carbonyl (C=O) groups excluding carboxylic acids is 1. The van der Waals surface area contributed by atoms with Crippen molar-refractivity contribution in [2.75, 3.05) is 0 Å². The minimum atomic E-state index is -1.13. The molecule has 0 saturated carbocycles. The van der Waals surface area contributed by atoms with Crippen molar-refractivity contribution in [3.63, 3.8) is 0 Å². The highest BCUT2D eigenvalue weighted by molar-refractivity contribution is 5.97. The number of pyridine rings is 1. The fourth-order valence-corrected chi connectivity index (χ4v) is 3.15. The smallest absolute Gasteiger partial charge is 0.338 e. The van der Waals surface area contributed by atoms with E-state index in [0.29, 0.717) is 0 Å². The summed E-state index contributed by atoms with van der Waals surface area (Å²) in [6.45, 7) is 0. The molecule has 2 aromatic heterocycles. The highest BCUT2D eigenvalue weighted by Crippen LogP contribution is 2.24. The van der Waals surface area contributed by atoms with Gasteiger partial charge >= 0.3 is 5.97 Å². The Hall–Kier alpha value is -4.46. The number of nitrogens with one attached hydrogen (secondary N) is 1. The van der Waals surface area contributed by atoms with Gasteiger partial charge < -0.3 is 15.5 Å². The van der Waals surface area contributed by atoms with Crippen molar-refractivity contribution < 1.29 is 19.8 Å². The average Bonchev–Trinajstić information content (AvgIpc) is 3.29. The summed E-state index contributed by atoms with van der Waals surface area (Å²) in [6.07, 6.45) is 3.67. The van der Waals surface area contributed by atoms with E-state index < -0.39 is 17.9 Å². The fourth-order valence-electron chi connectivity index (χ4n) is 3.15. The minimum Gasteiger partial charge on any atom is -0.507 e. The van der Waals surface area contributed by atoms with Gasteiger partial charge in [0.05, 0.1) is 23.4 Å². The van der Waals surface area contributed by atoms with Crippen LogP contribution in [0.5, 0.6) is 5.75 Å². The van der Waals surface area contributed by atoms with E-state index >= 15 is 0 Å². The van der Waals surface area contributed by atoms with Gasteiger partial charge in [0.25, 0.3) is 5.91 Å². The summed E-state index contributed by atoms with van der Waals surface area (Å²) in [5.41, 5.74) is 1.76. The van der Waals surface area contributed by atoms with Crippen molar-refractivity contribution in [3.8, 4) is 11.6 Å².